The van der Waals surface area contributed by atoms with Gasteiger partial charge in [-0.3, -0.25) is 4.79 Å². The Kier molecular flexibility index (Phi) is 4.56. The summed E-state index contributed by atoms with van der Waals surface area (Å²) in [6.07, 6.45) is 1.45. The summed E-state index contributed by atoms with van der Waals surface area (Å²) in [5.41, 5.74) is 1.67. The van der Waals surface area contributed by atoms with E-state index in [1.54, 1.807) is 7.11 Å². The van der Waals surface area contributed by atoms with Crippen molar-refractivity contribution < 1.29 is 9.53 Å². The standard InChI is InChI=1S/C15H22N2O2/c1-12-4-3-5-13(10-12)11-17-14(18)15(19-2)6-8-16-9-7-15/h3-5,10,16H,6-9,11H2,1-2H3,(H,17,18). The van der Waals surface area contributed by atoms with Crippen molar-refractivity contribution in [2.75, 3.05) is 20.2 Å². The Balaban J connectivity index is 1.96. The lowest BCUT2D eigenvalue weighted by atomic mass is 9.91. The zero-order valence-corrected chi connectivity index (χ0v) is 11.7. The number of methoxy groups -OCH3 is 1. The summed E-state index contributed by atoms with van der Waals surface area (Å²) in [5, 5.41) is 6.25. The van der Waals surface area contributed by atoms with E-state index in [1.807, 2.05) is 12.1 Å². The Bertz CT molecular complexity index is 440. The molecule has 1 heterocycles. The fourth-order valence-corrected chi connectivity index (χ4v) is 2.52. The maximum atomic E-state index is 12.3. The quantitative estimate of drug-likeness (QED) is 0.862. The highest BCUT2D eigenvalue weighted by atomic mass is 16.5. The Morgan fingerprint density at radius 2 is 2.16 bits per heavy atom. The van der Waals surface area contributed by atoms with E-state index in [-0.39, 0.29) is 5.91 Å². The second-order valence-electron chi connectivity index (χ2n) is 5.12. The van der Waals surface area contributed by atoms with Gasteiger partial charge in [-0.2, -0.15) is 0 Å². The number of rotatable bonds is 4. The van der Waals surface area contributed by atoms with Gasteiger partial charge in [0.25, 0.3) is 5.91 Å². The number of amides is 1. The molecule has 1 amide bonds. The van der Waals surface area contributed by atoms with Gasteiger partial charge in [0.1, 0.15) is 5.60 Å². The second-order valence-corrected chi connectivity index (χ2v) is 5.12. The van der Waals surface area contributed by atoms with E-state index in [0.717, 1.165) is 31.5 Å². The minimum Gasteiger partial charge on any atom is -0.368 e. The third-order valence-electron chi connectivity index (χ3n) is 3.75. The Labute approximate surface area is 114 Å². The monoisotopic (exact) mass is 262 g/mol. The Morgan fingerprint density at radius 1 is 1.42 bits per heavy atom. The van der Waals surface area contributed by atoms with Gasteiger partial charge < -0.3 is 15.4 Å². The molecule has 1 saturated heterocycles. The van der Waals surface area contributed by atoms with E-state index in [1.165, 1.54) is 5.56 Å². The molecule has 0 aromatic heterocycles. The molecule has 1 aromatic carbocycles. The zero-order chi connectivity index (χ0) is 13.7. The van der Waals surface area contributed by atoms with Crippen molar-refractivity contribution in [2.24, 2.45) is 0 Å². The van der Waals surface area contributed by atoms with Gasteiger partial charge in [0, 0.05) is 13.7 Å². The first kappa shape index (κ1) is 14.0. The molecule has 2 N–H and O–H groups in total. The first-order valence-electron chi connectivity index (χ1n) is 6.76. The van der Waals surface area contributed by atoms with Gasteiger partial charge in [-0.1, -0.05) is 29.8 Å². The summed E-state index contributed by atoms with van der Waals surface area (Å²) in [4.78, 5) is 12.3. The minimum atomic E-state index is -0.658. The summed E-state index contributed by atoms with van der Waals surface area (Å²) in [6, 6.07) is 8.17. The van der Waals surface area contributed by atoms with Crippen LogP contribution in [0.25, 0.3) is 0 Å². The van der Waals surface area contributed by atoms with Gasteiger partial charge in [-0.25, -0.2) is 0 Å². The molecule has 0 saturated carbocycles. The molecule has 0 radical (unpaired) electrons. The van der Waals surface area contributed by atoms with Crippen molar-refractivity contribution >= 4 is 5.91 Å². The molecule has 0 aliphatic carbocycles. The molecule has 2 rings (SSSR count). The highest BCUT2D eigenvalue weighted by Crippen LogP contribution is 2.22. The second kappa shape index (κ2) is 6.17. The summed E-state index contributed by atoms with van der Waals surface area (Å²) in [7, 11) is 1.62. The maximum Gasteiger partial charge on any atom is 0.252 e. The average molecular weight is 262 g/mol. The van der Waals surface area contributed by atoms with Crippen LogP contribution in [-0.2, 0) is 16.1 Å². The number of nitrogens with one attached hydrogen (secondary N) is 2. The van der Waals surface area contributed by atoms with Crippen LogP contribution < -0.4 is 10.6 Å². The van der Waals surface area contributed by atoms with Crippen LogP contribution in [0.2, 0.25) is 0 Å². The third-order valence-corrected chi connectivity index (χ3v) is 3.75. The molecule has 4 nitrogen and oxygen atoms in total. The summed E-state index contributed by atoms with van der Waals surface area (Å²) >= 11 is 0. The van der Waals surface area contributed by atoms with Crippen LogP contribution in [0, 0.1) is 6.92 Å². The molecule has 0 atom stereocenters. The predicted molar refractivity (Wildman–Crippen MR) is 74.9 cm³/mol. The van der Waals surface area contributed by atoms with Crippen LogP contribution in [0.5, 0.6) is 0 Å². The van der Waals surface area contributed by atoms with Gasteiger partial charge in [0.2, 0.25) is 0 Å². The van der Waals surface area contributed by atoms with Crippen molar-refractivity contribution in [3.63, 3.8) is 0 Å². The number of hydrogen-bond acceptors (Lipinski definition) is 3. The van der Waals surface area contributed by atoms with Gasteiger partial charge >= 0.3 is 0 Å². The number of benzene rings is 1. The molecule has 1 aliphatic rings. The van der Waals surface area contributed by atoms with Gasteiger partial charge in [0.05, 0.1) is 0 Å². The van der Waals surface area contributed by atoms with Crippen LogP contribution in [0.4, 0.5) is 0 Å². The molecule has 0 unspecified atom stereocenters. The van der Waals surface area contributed by atoms with Gasteiger partial charge in [-0.15, -0.1) is 0 Å². The van der Waals surface area contributed by atoms with Crippen LogP contribution in [0.15, 0.2) is 24.3 Å². The summed E-state index contributed by atoms with van der Waals surface area (Å²) < 4.78 is 5.50. The lowest BCUT2D eigenvalue weighted by Gasteiger charge is -2.34. The summed E-state index contributed by atoms with van der Waals surface area (Å²) in [5.74, 6) is -0.00185. The molecular formula is C15H22N2O2. The average Bonchev–Trinajstić information content (AvgIpc) is 2.45. The molecule has 0 spiro atoms. The highest BCUT2D eigenvalue weighted by molar-refractivity contribution is 5.85. The SMILES string of the molecule is COC1(C(=O)NCc2cccc(C)c2)CCNCC1. The molecule has 4 heteroatoms. The number of carbonyl (C=O) groups excluding carboxylic acids is 1. The van der Waals surface area contributed by atoms with Crippen molar-refractivity contribution in [3.8, 4) is 0 Å². The molecule has 1 aliphatic heterocycles. The molecule has 104 valence electrons. The molecule has 0 bridgehead atoms. The maximum absolute atomic E-state index is 12.3. The Morgan fingerprint density at radius 3 is 2.79 bits per heavy atom. The smallest absolute Gasteiger partial charge is 0.252 e. The topological polar surface area (TPSA) is 50.4 Å². The number of hydrogen-bond donors (Lipinski definition) is 2. The van der Waals surface area contributed by atoms with Crippen molar-refractivity contribution in [2.45, 2.75) is 31.9 Å². The fraction of sp³-hybridized carbons (Fsp3) is 0.533. The molecule has 1 fully saturated rings. The van der Waals surface area contributed by atoms with Crippen LogP contribution >= 0.6 is 0 Å². The predicted octanol–water partition coefficient (Wildman–Crippen LogP) is 1.38. The van der Waals surface area contributed by atoms with Gasteiger partial charge in [0.15, 0.2) is 0 Å². The lowest BCUT2D eigenvalue weighted by molar-refractivity contribution is -0.146. The number of aryl methyl sites for hydroxylation is 1. The molecule has 1 aromatic rings. The molecular weight excluding hydrogens is 240 g/mol. The van der Waals surface area contributed by atoms with Crippen LogP contribution in [0.3, 0.4) is 0 Å². The van der Waals surface area contributed by atoms with E-state index in [0.29, 0.717) is 6.54 Å². The highest BCUT2D eigenvalue weighted by Gasteiger charge is 2.39. The van der Waals surface area contributed by atoms with E-state index in [2.05, 4.69) is 29.7 Å². The fourth-order valence-electron chi connectivity index (χ4n) is 2.52. The van der Waals surface area contributed by atoms with E-state index in [4.69, 9.17) is 4.74 Å². The van der Waals surface area contributed by atoms with Crippen LogP contribution in [-0.4, -0.2) is 31.7 Å². The minimum absolute atomic E-state index is 0.00185. The van der Waals surface area contributed by atoms with Crippen molar-refractivity contribution in [1.82, 2.24) is 10.6 Å². The van der Waals surface area contributed by atoms with E-state index >= 15 is 0 Å². The number of ether oxygens (including phenoxy) is 1. The Hall–Kier alpha value is -1.39. The normalized spacial score (nSPS) is 18.0. The first-order valence-corrected chi connectivity index (χ1v) is 6.76. The first-order chi connectivity index (χ1) is 9.16. The third kappa shape index (κ3) is 3.33. The molecule has 19 heavy (non-hydrogen) atoms. The van der Waals surface area contributed by atoms with Crippen LogP contribution in [0.1, 0.15) is 24.0 Å². The number of carbonyl (C=O) groups is 1. The van der Waals surface area contributed by atoms with Crippen molar-refractivity contribution in [1.29, 1.82) is 0 Å². The van der Waals surface area contributed by atoms with E-state index in [9.17, 15) is 4.79 Å². The summed E-state index contributed by atoms with van der Waals surface area (Å²) in [6.45, 7) is 4.26. The van der Waals surface area contributed by atoms with E-state index < -0.39 is 5.60 Å². The number of piperidine rings is 1. The largest absolute Gasteiger partial charge is 0.368 e. The van der Waals surface area contributed by atoms with Crippen molar-refractivity contribution in [3.05, 3.63) is 35.4 Å². The van der Waals surface area contributed by atoms with Gasteiger partial charge in [-0.05, 0) is 38.4 Å². The zero-order valence-electron chi connectivity index (χ0n) is 11.7. The lowest BCUT2D eigenvalue weighted by Crippen LogP contribution is -2.53.